The second kappa shape index (κ2) is 9.42. The van der Waals surface area contributed by atoms with Crippen LogP contribution in [0, 0.1) is 0 Å². The van der Waals surface area contributed by atoms with Gasteiger partial charge in [-0.2, -0.15) is 0 Å². The summed E-state index contributed by atoms with van der Waals surface area (Å²) in [4.78, 5) is 38.1. The lowest BCUT2D eigenvalue weighted by atomic mass is 9.98. The Kier molecular flexibility index (Phi) is 6.44. The monoisotopic (exact) mass is 436 g/mol. The number of carboxylic acid groups (broad SMARTS) is 1. The molecule has 0 spiro atoms. The van der Waals surface area contributed by atoms with Crippen LogP contribution in [0.15, 0.2) is 48.5 Å². The van der Waals surface area contributed by atoms with Crippen molar-refractivity contribution < 1.29 is 24.2 Å². The topological polar surface area (TPSA) is 95.9 Å². The maximum Gasteiger partial charge on any atom is 0.407 e. The number of hydrogen-bond donors (Lipinski definition) is 2. The van der Waals surface area contributed by atoms with E-state index in [2.05, 4.69) is 17.4 Å². The van der Waals surface area contributed by atoms with Gasteiger partial charge in [-0.15, -0.1) is 0 Å². The zero-order chi connectivity index (χ0) is 22.7. The van der Waals surface area contributed by atoms with Gasteiger partial charge < -0.3 is 20.1 Å². The Balaban J connectivity index is 1.37. The Labute approximate surface area is 187 Å². The molecular weight excluding hydrogens is 408 g/mol. The van der Waals surface area contributed by atoms with E-state index in [1.54, 1.807) is 11.8 Å². The van der Waals surface area contributed by atoms with Crippen LogP contribution in [0.3, 0.4) is 0 Å². The molecule has 0 saturated carbocycles. The van der Waals surface area contributed by atoms with Gasteiger partial charge in [0, 0.05) is 18.5 Å². The molecule has 2 aromatic carbocycles. The molecule has 2 N–H and O–H groups in total. The molecule has 7 nitrogen and oxygen atoms in total. The van der Waals surface area contributed by atoms with E-state index in [0.717, 1.165) is 35.1 Å². The lowest BCUT2D eigenvalue weighted by molar-refractivity contribution is -0.142. The maximum atomic E-state index is 12.9. The summed E-state index contributed by atoms with van der Waals surface area (Å²) in [7, 11) is 0. The average molecular weight is 437 g/mol. The van der Waals surface area contributed by atoms with Crippen LogP contribution < -0.4 is 5.32 Å². The smallest absolute Gasteiger partial charge is 0.407 e. The predicted molar refractivity (Wildman–Crippen MR) is 119 cm³/mol. The third-order valence-corrected chi connectivity index (χ3v) is 6.37. The number of amides is 2. The highest BCUT2D eigenvalue weighted by atomic mass is 16.5. The predicted octanol–water partition coefficient (Wildman–Crippen LogP) is 3.77. The highest BCUT2D eigenvalue weighted by molar-refractivity contribution is 5.86. The second-order valence-corrected chi connectivity index (χ2v) is 8.47. The molecule has 168 valence electrons. The summed E-state index contributed by atoms with van der Waals surface area (Å²) in [6.45, 7) is 2.29. The number of piperidine rings is 1. The fraction of sp³-hybridized carbons (Fsp3) is 0.400. The molecule has 0 radical (unpaired) electrons. The van der Waals surface area contributed by atoms with Crippen molar-refractivity contribution >= 4 is 18.0 Å². The molecule has 2 amide bonds. The number of rotatable bonds is 6. The number of aliphatic carboxylic acids is 1. The first kappa shape index (κ1) is 21.9. The Morgan fingerprint density at radius 2 is 1.69 bits per heavy atom. The summed E-state index contributed by atoms with van der Waals surface area (Å²) in [5, 5.41) is 11.8. The molecule has 4 rings (SSSR count). The summed E-state index contributed by atoms with van der Waals surface area (Å²) >= 11 is 0. The third-order valence-electron chi connectivity index (χ3n) is 6.37. The number of alkyl carbamates (subject to hydrolysis) is 1. The van der Waals surface area contributed by atoms with Gasteiger partial charge in [-0.1, -0.05) is 48.5 Å². The zero-order valence-electron chi connectivity index (χ0n) is 18.1. The first-order chi connectivity index (χ1) is 15.5. The number of benzene rings is 2. The number of likely N-dealkylation sites (tertiary alicyclic amines) is 1. The SMILES string of the molecule is C[C@H](NC(=O)OCC1c2ccccc2-c2ccccc21)C(=O)N1CCCC[C@@H]1CC(=O)O. The highest BCUT2D eigenvalue weighted by Gasteiger charge is 2.33. The van der Waals surface area contributed by atoms with Crippen molar-refractivity contribution in [3.63, 3.8) is 0 Å². The molecule has 2 aliphatic rings. The zero-order valence-corrected chi connectivity index (χ0v) is 18.1. The van der Waals surface area contributed by atoms with E-state index in [1.807, 2.05) is 36.4 Å². The number of hydrogen-bond acceptors (Lipinski definition) is 4. The molecule has 2 aromatic rings. The Morgan fingerprint density at radius 3 is 2.31 bits per heavy atom. The standard InChI is InChI=1S/C25H28N2O5/c1-16(24(30)27-13-7-6-8-17(27)14-23(28)29)26-25(31)32-15-22-20-11-4-2-9-18(20)19-10-3-5-12-21(19)22/h2-5,9-12,16-17,22H,6-8,13-15H2,1H3,(H,26,31)(H,28,29)/t16-,17+/m0/s1. The number of carboxylic acids is 1. The lowest BCUT2D eigenvalue weighted by Gasteiger charge is -2.36. The van der Waals surface area contributed by atoms with Crippen molar-refractivity contribution in [2.24, 2.45) is 0 Å². The van der Waals surface area contributed by atoms with Crippen molar-refractivity contribution in [3.05, 3.63) is 59.7 Å². The highest BCUT2D eigenvalue weighted by Crippen LogP contribution is 2.44. The number of carbonyl (C=O) groups excluding carboxylic acids is 2. The van der Waals surface area contributed by atoms with Crippen LogP contribution in [0.1, 0.15) is 49.7 Å². The van der Waals surface area contributed by atoms with Crippen molar-refractivity contribution in [2.75, 3.05) is 13.2 Å². The van der Waals surface area contributed by atoms with Gasteiger partial charge in [-0.25, -0.2) is 4.79 Å². The lowest BCUT2D eigenvalue weighted by Crippen LogP contribution is -2.52. The van der Waals surface area contributed by atoms with E-state index in [4.69, 9.17) is 9.84 Å². The van der Waals surface area contributed by atoms with E-state index in [9.17, 15) is 14.4 Å². The molecule has 1 fully saturated rings. The van der Waals surface area contributed by atoms with Gasteiger partial charge in [0.05, 0.1) is 6.42 Å². The maximum absolute atomic E-state index is 12.9. The average Bonchev–Trinajstić information content (AvgIpc) is 3.11. The van der Waals surface area contributed by atoms with E-state index in [-0.39, 0.29) is 30.9 Å². The van der Waals surface area contributed by atoms with E-state index in [0.29, 0.717) is 13.0 Å². The fourth-order valence-electron chi connectivity index (χ4n) is 4.83. The fourth-order valence-corrected chi connectivity index (χ4v) is 4.83. The second-order valence-electron chi connectivity index (χ2n) is 8.47. The number of nitrogens with one attached hydrogen (secondary N) is 1. The minimum absolute atomic E-state index is 0.0544. The van der Waals surface area contributed by atoms with Gasteiger partial charge in [0.2, 0.25) is 5.91 Å². The van der Waals surface area contributed by atoms with Crippen LogP contribution in [0.2, 0.25) is 0 Å². The van der Waals surface area contributed by atoms with Crippen LogP contribution in [0.5, 0.6) is 0 Å². The number of nitrogens with zero attached hydrogens (tertiary/aromatic N) is 1. The van der Waals surface area contributed by atoms with Gasteiger partial charge in [0.25, 0.3) is 0 Å². The molecule has 1 heterocycles. The number of fused-ring (bicyclic) bond motifs is 3. The van der Waals surface area contributed by atoms with E-state index < -0.39 is 18.1 Å². The molecule has 1 aliphatic carbocycles. The van der Waals surface area contributed by atoms with Gasteiger partial charge in [-0.3, -0.25) is 9.59 Å². The summed E-state index contributed by atoms with van der Waals surface area (Å²) in [5.41, 5.74) is 4.54. The summed E-state index contributed by atoms with van der Waals surface area (Å²) in [6, 6.07) is 15.1. The van der Waals surface area contributed by atoms with E-state index >= 15 is 0 Å². The molecule has 1 saturated heterocycles. The minimum Gasteiger partial charge on any atom is -0.481 e. The number of ether oxygens (including phenoxy) is 1. The molecule has 1 aliphatic heterocycles. The van der Waals surface area contributed by atoms with Crippen LogP contribution in [-0.2, 0) is 14.3 Å². The molecular formula is C25H28N2O5. The summed E-state index contributed by atoms with van der Waals surface area (Å²) in [5.74, 6) is -1.25. The van der Waals surface area contributed by atoms with Gasteiger partial charge in [0.1, 0.15) is 12.6 Å². The van der Waals surface area contributed by atoms with Gasteiger partial charge in [0.15, 0.2) is 0 Å². The Hall–Kier alpha value is -3.35. The molecule has 0 aromatic heterocycles. The Morgan fingerprint density at radius 1 is 1.06 bits per heavy atom. The van der Waals surface area contributed by atoms with Crippen molar-refractivity contribution in [1.82, 2.24) is 10.2 Å². The van der Waals surface area contributed by atoms with Gasteiger partial charge in [-0.05, 0) is 48.4 Å². The van der Waals surface area contributed by atoms with Crippen molar-refractivity contribution in [2.45, 2.75) is 50.6 Å². The van der Waals surface area contributed by atoms with E-state index in [1.165, 1.54) is 0 Å². The van der Waals surface area contributed by atoms with Crippen LogP contribution >= 0.6 is 0 Å². The van der Waals surface area contributed by atoms with Crippen LogP contribution in [0.4, 0.5) is 4.79 Å². The molecule has 0 unspecified atom stereocenters. The summed E-state index contributed by atoms with van der Waals surface area (Å²) in [6.07, 6.45) is 1.66. The van der Waals surface area contributed by atoms with Gasteiger partial charge >= 0.3 is 12.1 Å². The van der Waals surface area contributed by atoms with Crippen molar-refractivity contribution in [1.29, 1.82) is 0 Å². The largest absolute Gasteiger partial charge is 0.481 e. The first-order valence-electron chi connectivity index (χ1n) is 11.1. The molecule has 0 bridgehead atoms. The van der Waals surface area contributed by atoms with Crippen LogP contribution in [-0.4, -0.2) is 53.2 Å². The first-order valence-corrected chi connectivity index (χ1v) is 11.1. The van der Waals surface area contributed by atoms with Crippen molar-refractivity contribution in [3.8, 4) is 11.1 Å². The van der Waals surface area contributed by atoms with Crippen LogP contribution in [0.25, 0.3) is 11.1 Å². The number of carbonyl (C=O) groups is 3. The normalized spacial score (nSPS) is 18.4. The minimum atomic E-state index is -0.924. The molecule has 7 heteroatoms. The molecule has 2 atom stereocenters. The third kappa shape index (κ3) is 4.47. The molecule has 32 heavy (non-hydrogen) atoms. The Bertz CT molecular complexity index is 975. The summed E-state index contributed by atoms with van der Waals surface area (Å²) < 4.78 is 5.52. The quantitative estimate of drug-likeness (QED) is 0.719.